The molecule has 6 nitrogen and oxygen atoms in total. The largest absolute Gasteiger partial charge is 0.351 e. The van der Waals surface area contributed by atoms with Crippen LogP contribution >= 0.6 is 35.4 Å². The fourth-order valence-electron chi connectivity index (χ4n) is 5.28. The molecule has 0 bridgehead atoms. The number of pyridine rings is 1. The lowest BCUT2D eigenvalue weighted by Gasteiger charge is -2.29. The van der Waals surface area contributed by atoms with Crippen molar-refractivity contribution < 1.29 is 4.79 Å². The number of nitrogens with one attached hydrogen (secondary N) is 2. The van der Waals surface area contributed by atoms with Crippen molar-refractivity contribution in [1.82, 2.24) is 14.9 Å². The number of hydrogen-bond acceptors (Lipinski definition) is 3. The van der Waals surface area contributed by atoms with Crippen molar-refractivity contribution in [3.8, 4) is 5.69 Å². The molecule has 40 heavy (non-hydrogen) atoms. The quantitative estimate of drug-likeness (QED) is 0.223. The second-order valence-corrected chi connectivity index (χ2v) is 11.6. The number of amides is 1. The number of rotatable bonds is 6. The van der Waals surface area contributed by atoms with Crippen molar-refractivity contribution in [2.24, 2.45) is 5.92 Å². The van der Waals surface area contributed by atoms with E-state index in [-0.39, 0.29) is 23.9 Å². The van der Waals surface area contributed by atoms with Crippen molar-refractivity contribution in [2.75, 3.05) is 10.2 Å². The van der Waals surface area contributed by atoms with E-state index < -0.39 is 0 Å². The van der Waals surface area contributed by atoms with Crippen LogP contribution in [0.5, 0.6) is 0 Å². The van der Waals surface area contributed by atoms with Crippen molar-refractivity contribution >= 4 is 57.8 Å². The molecule has 1 fully saturated rings. The van der Waals surface area contributed by atoms with Gasteiger partial charge in [0.05, 0.1) is 28.5 Å². The van der Waals surface area contributed by atoms with Crippen molar-refractivity contribution in [3.05, 3.63) is 105 Å². The van der Waals surface area contributed by atoms with Crippen molar-refractivity contribution in [1.29, 1.82) is 0 Å². The lowest BCUT2D eigenvalue weighted by atomic mass is 9.96. The van der Waals surface area contributed by atoms with Crippen molar-refractivity contribution in [3.63, 3.8) is 0 Å². The first-order valence-corrected chi connectivity index (χ1v) is 14.3. The van der Waals surface area contributed by atoms with E-state index in [0.29, 0.717) is 15.2 Å². The van der Waals surface area contributed by atoms with Gasteiger partial charge in [0.25, 0.3) is 0 Å². The zero-order valence-corrected chi connectivity index (χ0v) is 25.3. The highest BCUT2D eigenvalue weighted by Gasteiger charge is 2.42. The van der Waals surface area contributed by atoms with E-state index in [2.05, 4.69) is 51.1 Å². The summed E-state index contributed by atoms with van der Waals surface area (Å²) in [4.78, 5) is 19.2. The first-order chi connectivity index (χ1) is 19.1. The number of carbonyl (C=O) groups excluding carboxylic acids is 1. The zero-order chi connectivity index (χ0) is 28.7. The summed E-state index contributed by atoms with van der Waals surface area (Å²) >= 11 is 18.8. The Morgan fingerprint density at radius 3 is 2.48 bits per heavy atom. The third kappa shape index (κ3) is 5.21. The molecule has 2 atom stereocenters. The molecule has 0 aliphatic carbocycles. The summed E-state index contributed by atoms with van der Waals surface area (Å²) in [6.07, 6.45) is 1.80. The maximum absolute atomic E-state index is 12.3. The molecule has 2 aromatic carbocycles. The first kappa shape index (κ1) is 28.1. The maximum atomic E-state index is 12.3. The second-order valence-electron chi connectivity index (χ2n) is 10.4. The minimum absolute atomic E-state index is 0.0180. The Morgan fingerprint density at radius 1 is 1.05 bits per heavy atom. The second kappa shape index (κ2) is 11.2. The smallest absolute Gasteiger partial charge is 0.226 e. The van der Waals surface area contributed by atoms with Crippen LogP contribution in [0.3, 0.4) is 0 Å². The number of aromatic nitrogens is 2. The highest BCUT2D eigenvalue weighted by molar-refractivity contribution is 7.80. The van der Waals surface area contributed by atoms with Crippen LogP contribution in [0.15, 0.2) is 66.9 Å². The van der Waals surface area contributed by atoms with E-state index in [9.17, 15) is 4.79 Å². The van der Waals surface area contributed by atoms with Gasteiger partial charge in [-0.2, -0.15) is 0 Å². The van der Waals surface area contributed by atoms with Crippen LogP contribution in [0.2, 0.25) is 10.0 Å². The Kier molecular flexibility index (Phi) is 7.91. The molecule has 5 rings (SSSR count). The van der Waals surface area contributed by atoms with Crippen molar-refractivity contribution in [2.45, 2.75) is 46.7 Å². The maximum Gasteiger partial charge on any atom is 0.226 e. The van der Waals surface area contributed by atoms with Gasteiger partial charge in [-0.25, -0.2) is 0 Å². The Bertz CT molecular complexity index is 1600. The summed E-state index contributed by atoms with van der Waals surface area (Å²) in [7, 11) is 0. The number of hydrogen-bond donors (Lipinski definition) is 2. The molecule has 3 heterocycles. The summed E-state index contributed by atoms with van der Waals surface area (Å²) < 4.78 is 2.15. The van der Waals surface area contributed by atoms with Crippen LogP contribution in [0.4, 0.5) is 11.4 Å². The molecule has 1 aliphatic heterocycles. The fraction of sp³-hybridized carbons (Fsp3) is 0.258. The molecule has 206 valence electrons. The zero-order valence-electron chi connectivity index (χ0n) is 23.0. The summed E-state index contributed by atoms with van der Waals surface area (Å²) in [5.41, 5.74) is 7.60. The fourth-order valence-corrected chi connectivity index (χ4v) is 6.12. The average molecular weight is 593 g/mol. The van der Waals surface area contributed by atoms with Gasteiger partial charge in [0, 0.05) is 39.9 Å². The monoisotopic (exact) mass is 591 g/mol. The van der Waals surface area contributed by atoms with Gasteiger partial charge < -0.3 is 20.1 Å². The van der Waals surface area contributed by atoms with Gasteiger partial charge >= 0.3 is 0 Å². The minimum Gasteiger partial charge on any atom is -0.351 e. The summed E-state index contributed by atoms with van der Waals surface area (Å²) in [5.74, 6) is -0.127. The molecule has 9 heteroatoms. The van der Waals surface area contributed by atoms with Crippen LogP contribution in [-0.2, 0) is 4.79 Å². The lowest BCUT2D eigenvalue weighted by molar-refractivity contribution is -0.118. The van der Waals surface area contributed by atoms with E-state index in [4.69, 9.17) is 35.4 Å². The summed E-state index contributed by atoms with van der Waals surface area (Å²) in [6, 6.07) is 19.3. The number of carbonyl (C=O) groups is 1. The normalized spacial score (nSPS) is 16.9. The third-order valence-corrected chi connectivity index (χ3v) is 8.16. The average Bonchev–Trinajstić information content (AvgIpc) is 3.41. The standard InChI is InChI=1S/C31H31Cl2N5OS/c1-17(2)30(39)35-25-11-10-22(14-18(25)3)38-29(28(36-31(38)40)26-8-6-7-13-34-26)23-15-19(4)37(20(23)5)27-12-9-21(32)16-24(27)33/h6-17,28-29H,1-5H3,(H,35,39)(H,36,40)/t28-,29+/m0/s1. The lowest BCUT2D eigenvalue weighted by Crippen LogP contribution is -2.29. The molecule has 0 unspecified atom stereocenters. The SMILES string of the molecule is Cc1cc(N2C(=S)N[C@@H](c3ccccn3)[C@H]2c2cc(C)n(-c3ccc(Cl)cc3Cl)c2C)ccc1NC(=O)C(C)C. The molecule has 1 aliphatic rings. The Hall–Kier alpha value is -3.39. The van der Waals surface area contributed by atoms with Gasteiger partial charge in [-0.05, 0) is 98.7 Å². The van der Waals surface area contributed by atoms with Crippen LogP contribution in [-0.4, -0.2) is 20.6 Å². The van der Waals surface area contributed by atoms with Crippen LogP contribution in [0.25, 0.3) is 5.69 Å². The molecule has 1 saturated heterocycles. The van der Waals surface area contributed by atoms with Gasteiger partial charge in [0.2, 0.25) is 5.91 Å². The van der Waals surface area contributed by atoms with Gasteiger partial charge in [0.15, 0.2) is 5.11 Å². The molecule has 1 amide bonds. The number of thiocarbonyl (C=S) groups is 1. The first-order valence-electron chi connectivity index (χ1n) is 13.1. The third-order valence-electron chi connectivity index (χ3n) is 7.31. The predicted octanol–water partition coefficient (Wildman–Crippen LogP) is 7.88. The topological polar surface area (TPSA) is 62.2 Å². The summed E-state index contributed by atoms with van der Waals surface area (Å²) in [6.45, 7) is 9.91. The molecular weight excluding hydrogens is 561 g/mol. The molecule has 2 N–H and O–H groups in total. The van der Waals surface area contributed by atoms with E-state index in [1.165, 1.54) is 0 Å². The van der Waals surface area contributed by atoms with Gasteiger partial charge in [0.1, 0.15) is 0 Å². The summed E-state index contributed by atoms with van der Waals surface area (Å²) in [5, 5.41) is 8.33. The molecule has 0 spiro atoms. The molecule has 0 radical (unpaired) electrons. The van der Waals surface area contributed by atoms with Crippen LogP contribution in [0.1, 0.15) is 54.1 Å². The van der Waals surface area contributed by atoms with Gasteiger partial charge in [-0.15, -0.1) is 0 Å². The Balaban J connectivity index is 1.63. The number of halogens is 2. The predicted molar refractivity (Wildman–Crippen MR) is 168 cm³/mol. The number of anilines is 2. The number of aryl methyl sites for hydroxylation is 2. The highest BCUT2D eigenvalue weighted by Crippen LogP contribution is 2.44. The molecule has 4 aromatic rings. The number of nitrogens with zero attached hydrogens (tertiary/aromatic N) is 3. The molecule has 0 saturated carbocycles. The Morgan fingerprint density at radius 2 is 1.82 bits per heavy atom. The molecular formula is C31H31Cl2N5OS. The van der Waals surface area contributed by atoms with Crippen LogP contribution < -0.4 is 15.5 Å². The van der Waals surface area contributed by atoms with Gasteiger partial charge in [-0.3, -0.25) is 9.78 Å². The van der Waals surface area contributed by atoms with E-state index in [1.807, 2.05) is 63.2 Å². The number of benzene rings is 2. The van der Waals surface area contributed by atoms with E-state index in [0.717, 1.165) is 45.3 Å². The minimum atomic E-state index is -0.191. The Labute approximate surface area is 250 Å². The van der Waals surface area contributed by atoms with Crippen LogP contribution in [0, 0.1) is 26.7 Å². The van der Waals surface area contributed by atoms with E-state index in [1.54, 1.807) is 12.3 Å². The molecule has 2 aromatic heterocycles. The van der Waals surface area contributed by atoms with Gasteiger partial charge in [-0.1, -0.05) is 43.1 Å². The highest BCUT2D eigenvalue weighted by atomic mass is 35.5. The van der Waals surface area contributed by atoms with E-state index >= 15 is 0 Å².